The van der Waals surface area contributed by atoms with Gasteiger partial charge in [-0.3, -0.25) is 6.08 Å². The van der Waals surface area contributed by atoms with Crippen molar-refractivity contribution < 1.29 is 24.2 Å². The summed E-state index contributed by atoms with van der Waals surface area (Å²) in [6.45, 7) is 24.7. The first-order valence-corrected chi connectivity index (χ1v) is 14.3. The molecule has 0 heterocycles. The molecule has 0 bridgehead atoms. The molecule has 0 amide bonds. The van der Waals surface area contributed by atoms with Gasteiger partial charge in [0.25, 0.3) is 0 Å². The van der Waals surface area contributed by atoms with Crippen LogP contribution in [0.5, 0.6) is 0 Å². The Kier molecular flexibility index (Phi) is 10.1. The third-order valence-corrected chi connectivity index (χ3v) is 6.89. The number of hydrogen-bond donors (Lipinski definition) is 0. The molecule has 1 heteroatoms. The first-order chi connectivity index (χ1) is 16.1. The Morgan fingerprint density at radius 2 is 1.46 bits per heavy atom. The van der Waals surface area contributed by atoms with Crippen molar-refractivity contribution in [2.75, 3.05) is 0 Å². The van der Waals surface area contributed by atoms with Crippen molar-refractivity contribution in [1.29, 1.82) is 0 Å². The number of rotatable bonds is 2. The molecule has 0 fully saturated rings. The SMILES string of the molecule is CC(C)(C)c1c[c-]c2c(c1)-c1cc(C(C)(C)C)ccc1C2.CCC(C)(C)C1=CC[C-]=C1.C[C](C)=[Zr+2]. The maximum absolute atomic E-state index is 3.53. The summed E-state index contributed by atoms with van der Waals surface area (Å²) in [5.74, 6) is 0. The monoisotopic (exact) mass is 544 g/mol. The molecule has 0 aliphatic heterocycles. The summed E-state index contributed by atoms with van der Waals surface area (Å²) in [6, 6.07) is 15.1. The maximum atomic E-state index is 3.53. The summed E-state index contributed by atoms with van der Waals surface area (Å²) in [7, 11) is 0. The third-order valence-electron chi connectivity index (χ3n) is 6.89. The van der Waals surface area contributed by atoms with E-state index in [1.807, 2.05) is 0 Å². The zero-order chi connectivity index (χ0) is 26.6. The number of benzene rings is 2. The van der Waals surface area contributed by atoms with Gasteiger partial charge in [0.1, 0.15) is 0 Å². The molecule has 0 unspecified atom stereocenters. The fourth-order valence-corrected chi connectivity index (χ4v) is 4.06. The van der Waals surface area contributed by atoms with E-state index in [0.717, 1.165) is 12.8 Å². The van der Waals surface area contributed by atoms with Gasteiger partial charge in [-0.15, -0.1) is 12.0 Å². The average molecular weight is 546 g/mol. The first kappa shape index (κ1) is 29.9. The molecule has 2 aliphatic rings. The van der Waals surface area contributed by atoms with Crippen LogP contribution >= 0.6 is 0 Å². The van der Waals surface area contributed by atoms with Gasteiger partial charge < -0.3 is 0 Å². The molecule has 0 nitrogen and oxygen atoms in total. The Bertz CT molecular complexity index is 1030. The van der Waals surface area contributed by atoms with E-state index in [4.69, 9.17) is 0 Å². The topological polar surface area (TPSA) is 0 Å². The van der Waals surface area contributed by atoms with Gasteiger partial charge in [0.2, 0.25) is 0 Å². The van der Waals surface area contributed by atoms with Crippen LogP contribution in [0.15, 0.2) is 48.1 Å². The standard InChI is InChI=1S/C21H25.C10H15.C3H6.Zr/c1-20(2,3)16-9-7-14-11-15-8-10-17(21(4,5)6)13-19(15)18(14)12-16;1-4-10(2,3)9-7-5-6-8-9;1-3-2;/h7,9-10,12-13H,11H2,1-6H3;7-8H,4-5H2,1-3H3;1-2H3;/q2*-1;;+2. The van der Waals surface area contributed by atoms with Gasteiger partial charge >= 0.3 is 41.3 Å². The normalized spacial score (nSPS) is 14.3. The first-order valence-electron chi connectivity index (χ1n) is 13.0. The van der Waals surface area contributed by atoms with Crippen LogP contribution in [-0.4, -0.2) is 3.21 Å². The van der Waals surface area contributed by atoms with E-state index in [-0.39, 0.29) is 10.8 Å². The van der Waals surface area contributed by atoms with Crippen LogP contribution in [-0.2, 0) is 41.5 Å². The van der Waals surface area contributed by atoms with Crippen LogP contribution < -0.4 is 0 Å². The summed E-state index contributed by atoms with van der Waals surface area (Å²) >= 11 is 1.55. The van der Waals surface area contributed by atoms with E-state index in [0.29, 0.717) is 5.41 Å². The average Bonchev–Trinajstić information content (AvgIpc) is 3.40. The van der Waals surface area contributed by atoms with Gasteiger partial charge in [0.15, 0.2) is 0 Å². The molecule has 0 saturated heterocycles. The summed E-state index contributed by atoms with van der Waals surface area (Å²) in [5, 5.41) is 0. The number of hydrogen-bond acceptors (Lipinski definition) is 0. The zero-order valence-corrected chi connectivity index (χ0v) is 26.6. The van der Waals surface area contributed by atoms with Gasteiger partial charge in [-0.25, -0.2) is 6.08 Å². The van der Waals surface area contributed by atoms with Crippen LogP contribution in [0.3, 0.4) is 0 Å². The third kappa shape index (κ3) is 8.35. The molecule has 0 atom stereocenters. The molecular weight excluding hydrogens is 500 g/mol. The van der Waals surface area contributed by atoms with Crippen LogP contribution in [0.4, 0.5) is 0 Å². The second-order valence-electron chi connectivity index (χ2n) is 12.8. The van der Waals surface area contributed by atoms with E-state index in [2.05, 4.69) is 131 Å². The molecule has 35 heavy (non-hydrogen) atoms. The Hall–Kier alpha value is -1.33. The van der Waals surface area contributed by atoms with Crippen molar-refractivity contribution in [2.24, 2.45) is 5.41 Å². The van der Waals surface area contributed by atoms with Gasteiger partial charge in [-0.1, -0.05) is 109 Å². The van der Waals surface area contributed by atoms with Gasteiger partial charge in [0.05, 0.1) is 0 Å². The fourth-order valence-electron chi connectivity index (χ4n) is 4.06. The molecular formula is C34H46Zr. The molecule has 0 radical (unpaired) electrons. The van der Waals surface area contributed by atoms with Crippen LogP contribution in [0.1, 0.15) is 111 Å². The van der Waals surface area contributed by atoms with Gasteiger partial charge in [0, 0.05) is 0 Å². The Morgan fingerprint density at radius 3 is 1.94 bits per heavy atom. The molecule has 0 aromatic heterocycles. The molecule has 2 aliphatic carbocycles. The quantitative estimate of drug-likeness (QED) is 0.281. The second kappa shape index (κ2) is 11.8. The second-order valence-corrected chi connectivity index (χ2v) is 15.2. The Labute approximate surface area is 231 Å². The van der Waals surface area contributed by atoms with Gasteiger partial charge in [-0.2, -0.15) is 41.0 Å². The summed E-state index contributed by atoms with van der Waals surface area (Å²) in [6.07, 6.45) is 10.8. The summed E-state index contributed by atoms with van der Waals surface area (Å²) in [4.78, 5) is 0. The van der Waals surface area contributed by atoms with Crippen molar-refractivity contribution in [2.45, 2.75) is 106 Å². The molecule has 2 aromatic carbocycles. The van der Waals surface area contributed by atoms with Crippen molar-refractivity contribution in [3.8, 4) is 11.1 Å². The van der Waals surface area contributed by atoms with Crippen LogP contribution in [0, 0.1) is 17.6 Å². The Morgan fingerprint density at radius 1 is 0.886 bits per heavy atom. The van der Waals surface area contributed by atoms with Crippen molar-refractivity contribution in [1.82, 2.24) is 0 Å². The molecule has 0 saturated carbocycles. The Balaban J connectivity index is 0.000000257. The van der Waals surface area contributed by atoms with Crippen molar-refractivity contribution >= 4 is 3.21 Å². The molecule has 0 N–H and O–H groups in total. The van der Waals surface area contributed by atoms with Crippen LogP contribution in [0.2, 0.25) is 0 Å². The minimum absolute atomic E-state index is 0.177. The van der Waals surface area contributed by atoms with E-state index in [1.165, 1.54) is 48.6 Å². The van der Waals surface area contributed by atoms with E-state index < -0.39 is 0 Å². The summed E-state index contributed by atoms with van der Waals surface area (Å²) < 4.78 is 1.51. The van der Waals surface area contributed by atoms with E-state index in [9.17, 15) is 0 Å². The van der Waals surface area contributed by atoms with E-state index in [1.54, 1.807) is 24.2 Å². The summed E-state index contributed by atoms with van der Waals surface area (Å²) in [5.41, 5.74) is 10.6. The molecule has 4 rings (SSSR count). The fraction of sp³-hybridized carbons (Fsp3) is 0.500. The molecule has 186 valence electrons. The van der Waals surface area contributed by atoms with Crippen molar-refractivity contribution in [3.63, 3.8) is 0 Å². The van der Waals surface area contributed by atoms with Crippen LogP contribution in [0.25, 0.3) is 11.1 Å². The van der Waals surface area contributed by atoms with Gasteiger partial charge in [-0.05, 0) is 17.4 Å². The predicted octanol–water partition coefficient (Wildman–Crippen LogP) is 9.51. The predicted molar refractivity (Wildman–Crippen MR) is 152 cm³/mol. The molecule has 2 aromatic rings. The minimum atomic E-state index is 0.177. The zero-order valence-electron chi connectivity index (χ0n) is 24.2. The number of fused-ring (bicyclic) bond motifs is 3. The van der Waals surface area contributed by atoms with E-state index >= 15 is 0 Å². The number of allylic oxidation sites excluding steroid dienone is 4. The molecule has 0 spiro atoms. The van der Waals surface area contributed by atoms with Crippen molar-refractivity contribution in [3.05, 3.63) is 82.5 Å².